The number of ether oxygens (including phenoxy) is 1. The lowest BCUT2D eigenvalue weighted by atomic mass is 9.96. The van der Waals surface area contributed by atoms with E-state index < -0.39 is 0 Å². The Bertz CT molecular complexity index is 914. The van der Waals surface area contributed by atoms with Crippen molar-refractivity contribution >= 4 is 11.8 Å². The Morgan fingerprint density at radius 3 is 2.50 bits per heavy atom. The Hall–Kier alpha value is -3.09. The highest BCUT2D eigenvalue weighted by Crippen LogP contribution is 2.20. The first kappa shape index (κ1) is 19.7. The van der Waals surface area contributed by atoms with Gasteiger partial charge in [-0.3, -0.25) is 14.4 Å². The van der Waals surface area contributed by atoms with Gasteiger partial charge in [0.25, 0.3) is 17.4 Å². The first-order valence-corrected chi connectivity index (χ1v) is 9.37. The van der Waals surface area contributed by atoms with E-state index in [0.29, 0.717) is 36.9 Å². The number of carbonyl (C=O) groups excluding carboxylic acids is 2. The van der Waals surface area contributed by atoms with Gasteiger partial charge in [-0.15, -0.1) is 0 Å². The van der Waals surface area contributed by atoms with Crippen molar-refractivity contribution in [3.8, 4) is 5.75 Å². The summed E-state index contributed by atoms with van der Waals surface area (Å²) in [7, 11) is 3.18. The third-order valence-electron chi connectivity index (χ3n) is 5.16. The van der Waals surface area contributed by atoms with Crippen molar-refractivity contribution in [2.75, 3.05) is 26.7 Å². The van der Waals surface area contributed by atoms with Crippen LogP contribution in [0.25, 0.3) is 0 Å². The number of benzene rings is 1. The average Bonchev–Trinajstić information content (AvgIpc) is 2.73. The lowest BCUT2D eigenvalue weighted by molar-refractivity contribution is 0.0682. The molecule has 3 rings (SSSR count). The second-order valence-corrected chi connectivity index (χ2v) is 6.98. The van der Waals surface area contributed by atoms with Crippen LogP contribution >= 0.6 is 0 Å². The largest absolute Gasteiger partial charge is 0.496 e. The maximum atomic E-state index is 12.6. The van der Waals surface area contributed by atoms with Crippen molar-refractivity contribution in [2.24, 2.45) is 13.0 Å². The van der Waals surface area contributed by atoms with Gasteiger partial charge < -0.3 is 19.5 Å². The van der Waals surface area contributed by atoms with Gasteiger partial charge in [-0.1, -0.05) is 12.1 Å². The molecule has 0 aliphatic carbocycles. The molecule has 0 bridgehead atoms. The van der Waals surface area contributed by atoms with Crippen molar-refractivity contribution in [1.29, 1.82) is 0 Å². The Balaban J connectivity index is 1.53. The number of para-hydroxylation sites is 1. The summed E-state index contributed by atoms with van der Waals surface area (Å²) in [6.45, 7) is 1.70. The van der Waals surface area contributed by atoms with Gasteiger partial charge in [0.2, 0.25) is 0 Å². The van der Waals surface area contributed by atoms with Crippen molar-refractivity contribution < 1.29 is 14.3 Å². The van der Waals surface area contributed by atoms with E-state index >= 15 is 0 Å². The third kappa shape index (κ3) is 4.24. The minimum Gasteiger partial charge on any atom is -0.496 e. The Morgan fingerprint density at radius 2 is 1.79 bits per heavy atom. The van der Waals surface area contributed by atoms with Crippen molar-refractivity contribution in [1.82, 2.24) is 14.8 Å². The fraction of sp³-hybridized carbons (Fsp3) is 0.381. The maximum absolute atomic E-state index is 12.6. The van der Waals surface area contributed by atoms with Crippen molar-refractivity contribution in [3.63, 3.8) is 0 Å². The number of carbonyl (C=O) groups is 2. The molecule has 1 aliphatic rings. The number of aryl methyl sites for hydroxylation is 1. The molecule has 0 saturated carbocycles. The number of aromatic nitrogens is 1. The molecule has 1 saturated heterocycles. The van der Waals surface area contributed by atoms with Gasteiger partial charge in [0, 0.05) is 32.9 Å². The first-order valence-electron chi connectivity index (χ1n) is 9.37. The summed E-state index contributed by atoms with van der Waals surface area (Å²) in [6.07, 6.45) is 3.20. The number of methoxy groups -OCH3 is 1. The highest BCUT2D eigenvalue weighted by Gasteiger charge is 2.25. The van der Waals surface area contributed by atoms with Crippen LogP contribution in [0.3, 0.4) is 0 Å². The van der Waals surface area contributed by atoms with Crippen LogP contribution in [0.5, 0.6) is 5.75 Å². The van der Waals surface area contributed by atoms with E-state index in [1.165, 1.54) is 4.57 Å². The summed E-state index contributed by atoms with van der Waals surface area (Å²) in [5.41, 5.74) is 0.434. The van der Waals surface area contributed by atoms with E-state index in [0.717, 1.165) is 12.8 Å². The minimum absolute atomic E-state index is 0.163. The molecule has 0 atom stereocenters. The molecule has 1 fully saturated rings. The molecule has 2 amide bonds. The van der Waals surface area contributed by atoms with Crippen LogP contribution in [-0.4, -0.2) is 48.0 Å². The zero-order valence-corrected chi connectivity index (χ0v) is 16.2. The second-order valence-electron chi connectivity index (χ2n) is 6.98. The van der Waals surface area contributed by atoms with E-state index in [1.54, 1.807) is 55.6 Å². The molecule has 1 aromatic carbocycles. The maximum Gasteiger partial charge on any atom is 0.263 e. The zero-order chi connectivity index (χ0) is 20.1. The molecule has 2 aromatic rings. The fourth-order valence-corrected chi connectivity index (χ4v) is 3.44. The highest BCUT2D eigenvalue weighted by atomic mass is 16.5. The van der Waals surface area contributed by atoms with Crippen LogP contribution in [0.2, 0.25) is 0 Å². The SMILES string of the molecule is COc1ccccc1C(=O)NCC1CCN(C(=O)c2cccn(C)c2=O)CC1. The number of likely N-dealkylation sites (tertiary alicyclic amines) is 1. The number of hydrogen-bond donors (Lipinski definition) is 1. The summed E-state index contributed by atoms with van der Waals surface area (Å²) in [4.78, 5) is 38.9. The van der Waals surface area contributed by atoms with Crippen LogP contribution in [-0.2, 0) is 7.05 Å². The summed E-state index contributed by atoms with van der Waals surface area (Å²) in [6, 6.07) is 10.4. The molecule has 0 unspecified atom stereocenters. The second kappa shape index (κ2) is 8.73. The van der Waals surface area contributed by atoms with E-state index in [2.05, 4.69) is 5.32 Å². The van der Waals surface area contributed by atoms with Crippen LogP contribution in [0, 0.1) is 5.92 Å². The predicted octanol–water partition coefficient (Wildman–Crippen LogP) is 1.68. The van der Waals surface area contributed by atoms with E-state index in [4.69, 9.17) is 4.74 Å². The number of piperidine rings is 1. The third-order valence-corrected chi connectivity index (χ3v) is 5.16. The van der Waals surface area contributed by atoms with Crippen LogP contribution in [0.1, 0.15) is 33.6 Å². The summed E-state index contributed by atoms with van der Waals surface area (Å²) >= 11 is 0. The lowest BCUT2D eigenvalue weighted by Gasteiger charge is -2.32. The smallest absolute Gasteiger partial charge is 0.263 e. The molecular formula is C21H25N3O4. The van der Waals surface area contributed by atoms with Gasteiger partial charge in [0.15, 0.2) is 0 Å². The molecule has 0 spiro atoms. The normalized spacial score (nSPS) is 14.6. The van der Waals surface area contributed by atoms with Crippen molar-refractivity contribution in [2.45, 2.75) is 12.8 Å². The van der Waals surface area contributed by atoms with Gasteiger partial charge in [0.05, 0.1) is 12.7 Å². The molecule has 148 valence electrons. The highest BCUT2D eigenvalue weighted by molar-refractivity contribution is 5.97. The zero-order valence-electron chi connectivity index (χ0n) is 16.2. The topological polar surface area (TPSA) is 80.6 Å². The quantitative estimate of drug-likeness (QED) is 0.852. The average molecular weight is 383 g/mol. The molecule has 1 aromatic heterocycles. The monoisotopic (exact) mass is 383 g/mol. The molecule has 1 N–H and O–H groups in total. The van der Waals surface area contributed by atoms with Gasteiger partial charge in [0.1, 0.15) is 11.3 Å². The molecule has 7 heteroatoms. The fourth-order valence-electron chi connectivity index (χ4n) is 3.44. The summed E-state index contributed by atoms with van der Waals surface area (Å²) < 4.78 is 6.64. The molecule has 1 aliphatic heterocycles. The Kier molecular flexibility index (Phi) is 6.13. The van der Waals surface area contributed by atoms with E-state index in [9.17, 15) is 14.4 Å². The predicted molar refractivity (Wildman–Crippen MR) is 106 cm³/mol. The molecule has 2 heterocycles. The van der Waals surface area contributed by atoms with E-state index in [-0.39, 0.29) is 22.9 Å². The lowest BCUT2D eigenvalue weighted by Crippen LogP contribution is -2.43. The first-order chi connectivity index (χ1) is 13.5. The van der Waals surface area contributed by atoms with Gasteiger partial charge in [-0.05, 0) is 43.0 Å². The Labute approximate surface area is 163 Å². The number of rotatable bonds is 5. The summed E-state index contributed by atoms with van der Waals surface area (Å²) in [5.74, 6) is 0.451. The Morgan fingerprint density at radius 1 is 1.11 bits per heavy atom. The van der Waals surface area contributed by atoms with Crippen LogP contribution < -0.4 is 15.6 Å². The summed E-state index contributed by atoms with van der Waals surface area (Å²) in [5, 5.41) is 2.96. The molecular weight excluding hydrogens is 358 g/mol. The van der Waals surface area contributed by atoms with Gasteiger partial charge in [-0.25, -0.2) is 0 Å². The standard InChI is InChI=1S/C21H25N3O4/c1-23-11-5-7-17(20(23)26)21(27)24-12-9-15(10-13-24)14-22-19(25)16-6-3-4-8-18(16)28-2/h3-8,11,15H,9-10,12-14H2,1-2H3,(H,22,25). The number of amides is 2. The molecule has 28 heavy (non-hydrogen) atoms. The van der Waals surface area contributed by atoms with Gasteiger partial charge >= 0.3 is 0 Å². The number of pyridine rings is 1. The van der Waals surface area contributed by atoms with Gasteiger partial charge in [-0.2, -0.15) is 0 Å². The number of nitrogens with one attached hydrogen (secondary N) is 1. The number of nitrogens with zero attached hydrogens (tertiary/aromatic N) is 2. The van der Waals surface area contributed by atoms with Crippen LogP contribution in [0.15, 0.2) is 47.4 Å². The number of hydrogen-bond acceptors (Lipinski definition) is 4. The van der Waals surface area contributed by atoms with Crippen LogP contribution in [0.4, 0.5) is 0 Å². The van der Waals surface area contributed by atoms with E-state index in [1.807, 2.05) is 6.07 Å². The minimum atomic E-state index is -0.279. The molecule has 0 radical (unpaired) electrons. The molecule has 7 nitrogen and oxygen atoms in total. The van der Waals surface area contributed by atoms with Crippen molar-refractivity contribution in [3.05, 3.63) is 64.1 Å².